The van der Waals surface area contributed by atoms with Crippen molar-refractivity contribution in [1.29, 1.82) is 0 Å². The molecule has 0 amide bonds. The quantitative estimate of drug-likeness (QED) is 0.796. The highest BCUT2D eigenvalue weighted by Crippen LogP contribution is 2.41. The second kappa shape index (κ2) is 5.99. The topological polar surface area (TPSA) is 32.3 Å². The Morgan fingerprint density at radius 3 is 2.60 bits per heavy atom. The number of alkyl halides is 3. The second-order valence-corrected chi connectivity index (χ2v) is 8.17. The zero-order valence-corrected chi connectivity index (χ0v) is 14.2. The summed E-state index contributed by atoms with van der Waals surface area (Å²) in [6.45, 7) is 4.16. The first-order chi connectivity index (χ1) is 9.26. The van der Waals surface area contributed by atoms with Gasteiger partial charge in [0.2, 0.25) is 3.79 Å². The van der Waals surface area contributed by atoms with Crippen molar-refractivity contribution in [2.75, 3.05) is 6.54 Å². The standard InChI is InChI=1S/C14H16Cl3NOS/c1-3-18-12(14(15,16)17)13(2,19)10-5-4-9-6-7-20-11(9)8-10/h4-8,12,18-19H,3H2,1-2H3. The number of benzene rings is 1. The highest BCUT2D eigenvalue weighted by Gasteiger charge is 2.45. The maximum Gasteiger partial charge on any atom is 0.208 e. The zero-order chi connectivity index (χ0) is 15.0. The van der Waals surface area contributed by atoms with Crippen molar-refractivity contribution in [3.63, 3.8) is 0 Å². The summed E-state index contributed by atoms with van der Waals surface area (Å²) in [6, 6.07) is 7.12. The average molecular weight is 353 g/mol. The molecule has 2 aromatic rings. The highest BCUT2D eigenvalue weighted by molar-refractivity contribution is 7.17. The third kappa shape index (κ3) is 3.24. The van der Waals surface area contributed by atoms with Crippen molar-refractivity contribution in [1.82, 2.24) is 5.32 Å². The average Bonchev–Trinajstić information content (AvgIpc) is 2.81. The lowest BCUT2D eigenvalue weighted by Crippen LogP contribution is -2.54. The van der Waals surface area contributed by atoms with Gasteiger partial charge in [0.1, 0.15) is 5.60 Å². The SMILES string of the molecule is CCNC(C(Cl)(Cl)Cl)C(C)(O)c1ccc2ccsc2c1. The van der Waals surface area contributed by atoms with E-state index >= 15 is 0 Å². The number of hydrogen-bond acceptors (Lipinski definition) is 3. The zero-order valence-electron chi connectivity index (χ0n) is 11.2. The van der Waals surface area contributed by atoms with E-state index in [9.17, 15) is 5.11 Å². The molecule has 0 aliphatic heterocycles. The summed E-state index contributed by atoms with van der Waals surface area (Å²) in [6.07, 6.45) is 0. The van der Waals surface area contributed by atoms with E-state index in [1.165, 1.54) is 0 Å². The fourth-order valence-electron chi connectivity index (χ4n) is 2.27. The largest absolute Gasteiger partial charge is 0.384 e. The molecule has 110 valence electrons. The molecule has 2 atom stereocenters. The molecular weight excluding hydrogens is 337 g/mol. The number of aliphatic hydroxyl groups is 1. The van der Waals surface area contributed by atoms with E-state index in [0.29, 0.717) is 6.54 Å². The number of likely N-dealkylation sites (N-methyl/N-ethyl adjacent to an activating group) is 1. The maximum atomic E-state index is 10.9. The minimum Gasteiger partial charge on any atom is -0.384 e. The molecule has 2 N–H and O–H groups in total. The first-order valence-electron chi connectivity index (χ1n) is 6.27. The van der Waals surface area contributed by atoms with Crippen LogP contribution < -0.4 is 5.32 Å². The third-order valence-corrected chi connectivity index (χ3v) is 4.87. The Morgan fingerprint density at radius 2 is 2.00 bits per heavy atom. The number of halogens is 3. The summed E-state index contributed by atoms with van der Waals surface area (Å²) in [5.74, 6) is 0. The van der Waals surface area contributed by atoms with Crippen LogP contribution in [0.1, 0.15) is 19.4 Å². The molecule has 0 spiro atoms. The van der Waals surface area contributed by atoms with Crippen LogP contribution in [0.4, 0.5) is 0 Å². The van der Waals surface area contributed by atoms with Crippen molar-refractivity contribution >= 4 is 56.2 Å². The van der Waals surface area contributed by atoms with Crippen LogP contribution in [0.5, 0.6) is 0 Å². The van der Waals surface area contributed by atoms with Gasteiger partial charge in [-0.05, 0) is 41.9 Å². The minimum atomic E-state index is -1.61. The molecule has 20 heavy (non-hydrogen) atoms. The Hall–Kier alpha value is -0.0300. The molecule has 1 aromatic carbocycles. The molecule has 2 unspecified atom stereocenters. The van der Waals surface area contributed by atoms with Crippen LogP contribution >= 0.6 is 46.1 Å². The van der Waals surface area contributed by atoms with Crippen molar-refractivity contribution < 1.29 is 5.11 Å². The Morgan fingerprint density at radius 1 is 1.30 bits per heavy atom. The number of nitrogens with one attached hydrogen (secondary N) is 1. The summed E-state index contributed by atoms with van der Waals surface area (Å²) >= 11 is 19.7. The summed E-state index contributed by atoms with van der Waals surface area (Å²) in [7, 11) is 0. The monoisotopic (exact) mass is 351 g/mol. The summed E-state index contributed by atoms with van der Waals surface area (Å²) in [4.78, 5) is 0. The molecule has 0 aliphatic carbocycles. The molecule has 2 nitrogen and oxygen atoms in total. The number of hydrogen-bond donors (Lipinski definition) is 2. The molecule has 2 rings (SSSR count). The smallest absolute Gasteiger partial charge is 0.208 e. The first kappa shape index (κ1) is 16.3. The van der Waals surface area contributed by atoms with Gasteiger partial charge in [0, 0.05) is 4.70 Å². The molecule has 0 fully saturated rings. The van der Waals surface area contributed by atoms with Gasteiger partial charge in [-0.15, -0.1) is 11.3 Å². The van der Waals surface area contributed by atoms with E-state index < -0.39 is 15.4 Å². The van der Waals surface area contributed by atoms with Crippen LogP contribution in [-0.2, 0) is 5.60 Å². The molecule has 0 saturated heterocycles. The van der Waals surface area contributed by atoms with E-state index in [-0.39, 0.29) is 0 Å². The van der Waals surface area contributed by atoms with Crippen LogP contribution in [-0.4, -0.2) is 21.5 Å². The van der Waals surface area contributed by atoms with Gasteiger partial charge in [0.15, 0.2) is 0 Å². The van der Waals surface area contributed by atoms with E-state index in [0.717, 1.165) is 15.6 Å². The van der Waals surface area contributed by atoms with E-state index in [1.54, 1.807) is 18.3 Å². The molecule has 0 saturated carbocycles. The van der Waals surface area contributed by atoms with Crippen molar-refractivity contribution in [3.8, 4) is 0 Å². The number of fused-ring (bicyclic) bond motifs is 1. The van der Waals surface area contributed by atoms with Gasteiger partial charge in [-0.2, -0.15) is 0 Å². The van der Waals surface area contributed by atoms with Crippen LogP contribution in [0.25, 0.3) is 10.1 Å². The van der Waals surface area contributed by atoms with Crippen LogP contribution in [0.2, 0.25) is 0 Å². The fourth-order valence-corrected chi connectivity index (χ4v) is 3.97. The summed E-state index contributed by atoms with van der Waals surface area (Å²) in [5, 5.41) is 17.1. The van der Waals surface area contributed by atoms with Crippen LogP contribution in [0, 0.1) is 0 Å². The number of thiophene rings is 1. The van der Waals surface area contributed by atoms with Gasteiger partial charge in [0.25, 0.3) is 0 Å². The van der Waals surface area contributed by atoms with Gasteiger partial charge < -0.3 is 10.4 Å². The van der Waals surface area contributed by atoms with E-state index in [1.807, 2.05) is 36.6 Å². The predicted octanol–water partition coefficient (Wildman–Crippen LogP) is 4.46. The molecule has 6 heteroatoms. The van der Waals surface area contributed by atoms with Gasteiger partial charge in [-0.1, -0.05) is 53.9 Å². The van der Waals surface area contributed by atoms with Gasteiger partial charge in [-0.3, -0.25) is 0 Å². The lowest BCUT2D eigenvalue weighted by Gasteiger charge is -2.38. The van der Waals surface area contributed by atoms with Gasteiger partial charge >= 0.3 is 0 Å². The highest BCUT2D eigenvalue weighted by atomic mass is 35.6. The van der Waals surface area contributed by atoms with Crippen LogP contribution in [0.15, 0.2) is 29.6 Å². The molecular formula is C14H16Cl3NOS. The van der Waals surface area contributed by atoms with Gasteiger partial charge in [0.05, 0.1) is 6.04 Å². The Balaban J connectivity index is 2.44. The third-order valence-electron chi connectivity index (χ3n) is 3.34. The van der Waals surface area contributed by atoms with E-state index in [2.05, 4.69) is 5.32 Å². The molecule has 0 radical (unpaired) electrons. The lowest BCUT2D eigenvalue weighted by atomic mass is 9.88. The summed E-state index contributed by atoms with van der Waals surface area (Å²) < 4.78 is -0.508. The van der Waals surface area contributed by atoms with Crippen molar-refractivity contribution in [3.05, 3.63) is 35.2 Å². The Labute approximate surface area is 137 Å². The van der Waals surface area contributed by atoms with Crippen molar-refractivity contribution in [2.45, 2.75) is 29.3 Å². The Bertz CT molecular complexity index is 591. The molecule has 1 heterocycles. The first-order valence-corrected chi connectivity index (χ1v) is 8.28. The van der Waals surface area contributed by atoms with Gasteiger partial charge in [-0.25, -0.2) is 0 Å². The fraction of sp³-hybridized carbons (Fsp3) is 0.429. The maximum absolute atomic E-state index is 10.9. The predicted molar refractivity (Wildman–Crippen MR) is 89.2 cm³/mol. The number of rotatable bonds is 4. The molecule has 0 aliphatic rings. The van der Waals surface area contributed by atoms with Crippen molar-refractivity contribution in [2.24, 2.45) is 0 Å². The normalized spacial score (nSPS) is 17.1. The minimum absolute atomic E-state index is 0.593. The molecule has 1 aromatic heterocycles. The van der Waals surface area contributed by atoms with Crippen LogP contribution in [0.3, 0.4) is 0 Å². The molecule has 0 bridgehead atoms. The van der Waals surface area contributed by atoms with E-state index in [4.69, 9.17) is 34.8 Å². The Kier molecular flexibility index (Phi) is 4.90. The lowest BCUT2D eigenvalue weighted by molar-refractivity contribution is 0.0170. The second-order valence-electron chi connectivity index (χ2n) is 4.85. The summed E-state index contributed by atoms with van der Waals surface area (Å²) in [5.41, 5.74) is -0.566.